The summed E-state index contributed by atoms with van der Waals surface area (Å²) in [7, 11) is -3.21. The molecule has 0 saturated carbocycles. The number of rotatable bonds is 9. The number of nitrogens with one attached hydrogen (secondary N) is 2. The van der Waals surface area contributed by atoms with Crippen LogP contribution in [0, 0.1) is 6.92 Å². The van der Waals surface area contributed by atoms with Gasteiger partial charge < -0.3 is 15.4 Å². The molecule has 7 heteroatoms. The van der Waals surface area contributed by atoms with Crippen LogP contribution in [0.3, 0.4) is 0 Å². The lowest BCUT2D eigenvalue weighted by Crippen LogP contribution is -2.36. The second kappa shape index (κ2) is 10.9. The first-order valence-corrected chi connectivity index (χ1v) is 11.8. The Labute approximate surface area is 174 Å². The standard InChI is InChI=1S/C22H31N3O3S/c1-5-12-28-20-9-7-8-18(14-20)15-24-22(23-6-2)25-16-19-10-11-21(17(3)13-19)29(4,26)27/h7-11,13-14H,5-6,12,15-16H2,1-4H3,(H2,23,24,25). The molecular weight excluding hydrogens is 386 g/mol. The predicted octanol–water partition coefficient (Wildman–Crippen LogP) is 3.44. The average molecular weight is 418 g/mol. The molecule has 2 N–H and O–H groups in total. The number of aryl methyl sites for hydroxylation is 1. The van der Waals surface area contributed by atoms with Crippen molar-refractivity contribution in [3.8, 4) is 5.75 Å². The lowest BCUT2D eigenvalue weighted by Gasteiger charge is -2.13. The Morgan fingerprint density at radius 1 is 1.07 bits per heavy atom. The number of benzene rings is 2. The van der Waals surface area contributed by atoms with E-state index in [0.717, 1.165) is 35.4 Å². The largest absolute Gasteiger partial charge is 0.494 e. The van der Waals surface area contributed by atoms with Crippen LogP contribution in [0.25, 0.3) is 0 Å². The highest BCUT2D eigenvalue weighted by molar-refractivity contribution is 7.90. The molecule has 0 aromatic heterocycles. The van der Waals surface area contributed by atoms with Crippen molar-refractivity contribution in [1.29, 1.82) is 0 Å². The van der Waals surface area contributed by atoms with E-state index >= 15 is 0 Å². The minimum atomic E-state index is -3.21. The third kappa shape index (κ3) is 7.42. The van der Waals surface area contributed by atoms with Crippen LogP contribution in [-0.4, -0.2) is 33.8 Å². The molecule has 2 rings (SSSR count). The first kappa shape index (κ1) is 22.7. The Morgan fingerprint density at radius 2 is 1.86 bits per heavy atom. The van der Waals surface area contributed by atoms with E-state index in [2.05, 4.69) is 22.5 Å². The second-order valence-electron chi connectivity index (χ2n) is 6.92. The van der Waals surface area contributed by atoms with Gasteiger partial charge in [0.2, 0.25) is 0 Å². The average Bonchev–Trinajstić information content (AvgIpc) is 2.68. The Bertz CT molecular complexity index is 940. The minimum absolute atomic E-state index is 0.368. The third-order valence-corrected chi connectivity index (χ3v) is 5.49. The summed E-state index contributed by atoms with van der Waals surface area (Å²) in [6.07, 6.45) is 2.20. The molecule has 0 aliphatic heterocycles. The van der Waals surface area contributed by atoms with E-state index in [1.807, 2.05) is 50.2 Å². The maximum atomic E-state index is 11.8. The van der Waals surface area contributed by atoms with Crippen LogP contribution in [0.15, 0.2) is 52.4 Å². The minimum Gasteiger partial charge on any atom is -0.494 e. The number of nitrogens with zero attached hydrogens (tertiary/aromatic N) is 1. The van der Waals surface area contributed by atoms with E-state index in [4.69, 9.17) is 4.74 Å². The Hall–Kier alpha value is -2.54. The van der Waals surface area contributed by atoms with Crippen LogP contribution in [0.1, 0.15) is 37.0 Å². The maximum Gasteiger partial charge on any atom is 0.191 e. The van der Waals surface area contributed by atoms with Gasteiger partial charge in [0.15, 0.2) is 15.8 Å². The summed E-state index contributed by atoms with van der Waals surface area (Å²) in [6, 6.07) is 13.3. The molecule has 6 nitrogen and oxygen atoms in total. The molecule has 0 saturated heterocycles. The monoisotopic (exact) mass is 417 g/mol. The van der Waals surface area contributed by atoms with Crippen LogP contribution < -0.4 is 15.4 Å². The molecule has 2 aromatic carbocycles. The summed E-state index contributed by atoms with van der Waals surface area (Å²) >= 11 is 0. The molecule has 0 bridgehead atoms. The smallest absolute Gasteiger partial charge is 0.191 e. The van der Waals surface area contributed by atoms with Crippen LogP contribution >= 0.6 is 0 Å². The Balaban J connectivity index is 2.04. The molecule has 0 aliphatic rings. The number of guanidine groups is 1. The SMILES string of the molecule is CCCOc1cccc(CN=C(NCC)NCc2ccc(S(C)(=O)=O)c(C)c2)c1. The van der Waals surface area contributed by atoms with Crippen molar-refractivity contribution >= 4 is 15.8 Å². The van der Waals surface area contributed by atoms with Crippen molar-refractivity contribution in [2.75, 3.05) is 19.4 Å². The molecule has 0 fully saturated rings. The van der Waals surface area contributed by atoms with Crippen LogP contribution in [-0.2, 0) is 22.9 Å². The molecule has 0 amide bonds. The molecule has 0 aliphatic carbocycles. The summed E-state index contributed by atoms with van der Waals surface area (Å²) in [5.41, 5.74) is 2.82. The molecule has 29 heavy (non-hydrogen) atoms. The summed E-state index contributed by atoms with van der Waals surface area (Å²) in [6.45, 7) is 8.44. The molecule has 0 radical (unpaired) electrons. The zero-order chi connectivity index (χ0) is 21.3. The van der Waals surface area contributed by atoms with Crippen LogP contribution in [0.5, 0.6) is 5.75 Å². The quantitative estimate of drug-likeness (QED) is 0.483. The summed E-state index contributed by atoms with van der Waals surface area (Å²) in [4.78, 5) is 5.01. The first-order chi connectivity index (χ1) is 13.8. The van der Waals surface area contributed by atoms with Crippen molar-refractivity contribution in [3.63, 3.8) is 0 Å². The zero-order valence-corrected chi connectivity index (χ0v) is 18.5. The number of sulfone groups is 1. The highest BCUT2D eigenvalue weighted by atomic mass is 32.2. The maximum absolute atomic E-state index is 11.8. The van der Waals surface area contributed by atoms with Gasteiger partial charge in [-0.25, -0.2) is 13.4 Å². The highest BCUT2D eigenvalue weighted by Crippen LogP contribution is 2.17. The number of ether oxygens (including phenoxy) is 1. The van der Waals surface area contributed by atoms with Gasteiger partial charge in [-0.15, -0.1) is 0 Å². The van der Waals surface area contributed by atoms with Crippen molar-refractivity contribution < 1.29 is 13.2 Å². The van der Waals surface area contributed by atoms with E-state index in [-0.39, 0.29) is 0 Å². The van der Waals surface area contributed by atoms with Crippen molar-refractivity contribution in [3.05, 3.63) is 59.2 Å². The Morgan fingerprint density at radius 3 is 2.52 bits per heavy atom. The molecule has 0 heterocycles. The number of aliphatic imine (C=N–C) groups is 1. The van der Waals surface area contributed by atoms with Crippen molar-refractivity contribution in [1.82, 2.24) is 10.6 Å². The summed E-state index contributed by atoms with van der Waals surface area (Å²) in [5.74, 6) is 1.57. The fourth-order valence-electron chi connectivity index (χ4n) is 2.89. The summed E-state index contributed by atoms with van der Waals surface area (Å²) < 4.78 is 29.2. The predicted molar refractivity (Wildman–Crippen MR) is 118 cm³/mol. The van der Waals surface area contributed by atoms with Gasteiger partial charge in [-0.3, -0.25) is 0 Å². The molecule has 0 unspecified atom stereocenters. The number of hydrogen-bond acceptors (Lipinski definition) is 4. The topological polar surface area (TPSA) is 79.8 Å². The van der Waals surface area contributed by atoms with Gasteiger partial charge in [-0.1, -0.05) is 31.2 Å². The van der Waals surface area contributed by atoms with Gasteiger partial charge >= 0.3 is 0 Å². The van der Waals surface area contributed by atoms with E-state index in [9.17, 15) is 8.42 Å². The lowest BCUT2D eigenvalue weighted by atomic mass is 10.1. The second-order valence-corrected chi connectivity index (χ2v) is 8.90. The number of hydrogen-bond donors (Lipinski definition) is 2. The van der Waals surface area contributed by atoms with Crippen molar-refractivity contribution in [2.24, 2.45) is 4.99 Å². The van der Waals surface area contributed by atoms with Gasteiger partial charge in [-0.2, -0.15) is 0 Å². The molecule has 158 valence electrons. The highest BCUT2D eigenvalue weighted by Gasteiger charge is 2.11. The van der Waals surface area contributed by atoms with E-state index in [0.29, 0.717) is 30.6 Å². The van der Waals surface area contributed by atoms with E-state index in [1.54, 1.807) is 6.07 Å². The fraction of sp³-hybridized carbons (Fsp3) is 0.409. The molecule has 0 atom stereocenters. The lowest BCUT2D eigenvalue weighted by molar-refractivity contribution is 0.317. The van der Waals surface area contributed by atoms with Crippen LogP contribution in [0.2, 0.25) is 0 Å². The summed E-state index contributed by atoms with van der Waals surface area (Å²) in [5, 5.41) is 6.53. The van der Waals surface area contributed by atoms with Crippen LogP contribution in [0.4, 0.5) is 0 Å². The van der Waals surface area contributed by atoms with Gasteiger partial charge in [0, 0.05) is 19.3 Å². The van der Waals surface area contributed by atoms with Gasteiger partial charge in [0.25, 0.3) is 0 Å². The molecule has 0 spiro atoms. The normalized spacial score (nSPS) is 11.9. The van der Waals surface area contributed by atoms with E-state index < -0.39 is 9.84 Å². The zero-order valence-electron chi connectivity index (χ0n) is 17.7. The van der Waals surface area contributed by atoms with Gasteiger partial charge in [0.05, 0.1) is 18.0 Å². The van der Waals surface area contributed by atoms with E-state index in [1.165, 1.54) is 6.26 Å². The molecule has 2 aromatic rings. The first-order valence-electron chi connectivity index (χ1n) is 9.87. The Kier molecular flexibility index (Phi) is 8.51. The molecular formula is C22H31N3O3S. The van der Waals surface area contributed by atoms with Gasteiger partial charge in [0.1, 0.15) is 5.75 Å². The third-order valence-electron chi connectivity index (χ3n) is 4.23. The van der Waals surface area contributed by atoms with Crippen molar-refractivity contribution in [2.45, 2.75) is 45.2 Å². The van der Waals surface area contributed by atoms with Gasteiger partial charge in [-0.05, 0) is 55.2 Å². The fourth-order valence-corrected chi connectivity index (χ4v) is 3.85.